The average Bonchev–Trinajstić information content (AvgIpc) is 2.96. The molecule has 7 heteroatoms. The monoisotopic (exact) mass is 360 g/mol. The molecule has 0 aromatic heterocycles. The molecule has 2 saturated heterocycles. The van der Waals surface area contributed by atoms with Crippen LogP contribution in [-0.4, -0.2) is 85.2 Å². The van der Waals surface area contributed by atoms with E-state index >= 15 is 0 Å². The van der Waals surface area contributed by atoms with E-state index in [9.17, 15) is 9.59 Å². The summed E-state index contributed by atoms with van der Waals surface area (Å²) in [7, 11) is 1.79. The number of hydrogen-bond donors (Lipinski definition) is 2. The van der Waals surface area contributed by atoms with Crippen LogP contribution < -0.4 is 10.2 Å². The summed E-state index contributed by atoms with van der Waals surface area (Å²) >= 11 is 0. The first-order chi connectivity index (χ1) is 12.4. The first kappa shape index (κ1) is 18.7. The lowest BCUT2D eigenvalue weighted by Crippen LogP contribution is -2.50. The number of aliphatic carboxylic acids is 1. The van der Waals surface area contributed by atoms with Crippen molar-refractivity contribution in [2.24, 2.45) is 0 Å². The second-order valence-electron chi connectivity index (χ2n) is 7.40. The van der Waals surface area contributed by atoms with E-state index in [0.717, 1.165) is 26.2 Å². The number of carbonyl (C=O) groups is 2. The van der Waals surface area contributed by atoms with Crippen molar-refractivity contribution >= 4 is 17.6 Å². The van der Waals surface area contributed by atoms with Gasteiger partial charge in [-0.25, -0.2) is 0 Å². The Morgan fingerprint density at radius 1 is 1.23 bits per heavy atom. The molecule has 0 bridgehead atoms. The first-order valence-corrected chi connectivity index (χ1v) is 9.19. The zero-order chi connectivity index (χ0) is 18.7. The minimum Gasteiger partial charge on any atom is -0.480 e. The van der Waals surface area contributed by atoms with Crippen LogP contribution >= 0.6 is 0 Å². The number of carbonyl (C=O) groups excluding carboxylic acids is 1. The number of nitrogens with one attached hydrogen (secondary N) is 1. The van der Waals surface area contributed by atoms with E-state index in [2.05, 4.69) is 46.3 Å². The van der Waals surface area contributed by atoms with Gasteiger partial charge in [0.15, 0.2) is 0 Å². The molecule has 1 aromatic rings. The summed E-state index contributed by atoms with van der Waals surface area (Å²) in [4.78, 5) is 29.8. The standard InChI is InChI=1S/C19H28N4O3/c1-14-4-3-5-16(10-14)23-8-6-22(7-9-23)13-18(24)20-15-11-17(19(25)26)21(2)12-15/h3-5,10,15,17H,6-9,11-13H2,1-2H3,(H,20,24)(H,25,26)/t15-,17-/m0/s1. The fourth-order valence-corrected chi connectivity index (χ4v) is 3.86. The van der Waals surface area contributed by atoms with Gasteiger partial charge in [-0.15, -0.1) is 0 Å². The Hall–Kier alpha value is -2.12. The van der Waals surface area contributed by atoms with Crippen molar-refractivity contribution in [1.29, 1.82) is 0 Å². The summed E-state index contributed by atoms with van der Waals surface area (Å²) in [5.74, 6) is -0.838. The van der Waals surface area contributed by atoms with Crippen LogP contribution in [0.2, 0.25) is 0 Å². The molecule has 1 aromatic carbocycles. The maximum atomic E-state index is 12.3. The SMILES string of the molecule is Cc1cccc(N2CCN(CC(=O)N[C@H]3C[C@@H](C(=O)O)N(C)C3)CC2)c1. The van der Waals surface area contributed by atoms with Crippen LogP contribution in [0.15, 0.2) is 24.3 Å². The second-order valence-corrected chi connectivity index (χ2v) is 7.40. The lowest BCUT2D eigenvalue weighted by molar-refractivity contribution is -0.141. The molecule has 2 heterocycles. The number of rotatable bonds is 5. The van der Waals surface area contributed by atoms with Gasteiger partial charge in [0.2, 0.25) is 5.91 Å². The summed E-state index contributed by atoms with van der Waals surface area (Å²) in [6.45, 7) is 6.57. The van der Waals surface area contributed by atoms with Crippen molar-refractivity contribution in [3.8, 4) is 0 Å². The predicted octanol–water partition coefficient (Wildman–Crippen LogP) is 0.391. The molecule has 7 nitrogen and oxygen atoms in total. The fourth-order valence-electron chi connectivity index (χ4n) is 3.86. The first-order valence-electron chi connectivity index (χ1n) is 9.19. The van der Waals surface area contributed by atoms with Gasteiger partial charge in [0.25, 0.3) is 0 Å². The molecule has 2 fully saturated rings. The van der Waals surface area contributed by atoms with Crippen LogP contribution in [0.4, 0.5) is 5.69 Å². The van der Waals surface area contributed by atoms with Crippen molar-refractivity contribution in [1.82, 2.24) is 15.1 Å². The fraction of sp³-hybridized carbons (Fsp3) is 0.579. The van der Waals surface area contributed by atoms with E-state index in [1.807, 2.05) is 0 Å². The van der Waals surface area contributed by atoms with Gasteiger partial charge in [0.05, 0.1) is 6.54 Å². The Bertz CT molecular complexity index is 658. The topological polar surface area (TPSA) is 76.1 Å². The maximum Gasteiger partial charge on any atom is 0.320 e. The molecule has 2 aliphatic rings. The van der Waals surface area contributed by atoms with Crippen LogP contribution in [-0.2, 0) is 9.59 Å². The van der Waals surface area contributed by atoms with Crippen molar-refractivity contribution in [2.45, 2.75) is 25.4 Å². The minimum atomic E-state index is -0.823. The molecular formula is C19H28N4O3. The van der Waals surface area contributed by atoms with E-state index in [1.165, 1.54) is 11.3 Å². The van der Waals surface area contributed by atoms with Gasteiger partial charge >= 0.3 is 5.97 Å². The third kappa shape index (κ3) is 4.53. The van der Waals surface area contributed by atoms with Crippen molar-refractivity contribution in [2.75, 3.05) is 51.2 Å². The van der Waals surface area contributed by atoms with Crippen LogP contribution in [0.25, 0.3) is 0 Å². The Balaban J connectivity index is 1.43. The van der Waals surface area contributed by atoms with Crippen LogP contribution in [0.3, 0.4) is 0 Å². The molecule has 0 saturated carbocycles. The number of carboxylic acid groups (broad SMARTS) is 1. The number of anilines is 1. The van der Waals surface area contributed by atoms with E-state index in [1.54, 1.807) is 11.9 Å². The molecule has 2 atom stereocenters. The van der Waals surface area contributed by atoms with Gasteiger partial charge < -0.3 is 15.3 Å². The summed E-state index contributed by atoms with van der Waals surface area (Å²) < 4.78 is 0. The molecule has 1 amide bonds. The smallest absolute Gasteiger partial charge is 0.320 e. The summed E-state index contributed by atoms with van der Waals surface area (Å²) in [5.41, 5.74) is 2.49. The quantitative estimate of drug-likeness (QED) is 0.791. The van der Waals surface area contributed by atoms with Crippen LogP contribution in [0.1, 0.15) is 12.0 Å². The molecule has 3 rings (SSSR count). The minimum absolute atomic E-state index is 0.0153. The number of benzene rings is 1. The molecular weight excluding hydrogens is 332 g/mol. The normalized spacial score (nSPS) is 24.6. The van der Waals surface area contributed by atoms with Gasteiger partial charge in [-0.3, -0.25) is 19.4 Å². The number of carboxylic acids is 1. The Labute approximate surface area is 154 Å². The number of likely N-dealkylation sites (N-methyl/N-ethyl adjacent to an activating group) is 1. The van der Waals surface area contributed by atoms with Gasteiger partial charge in [0.1, 0.15) is 6.04 Å². The number of likely N-dealkylation sites (tertiary alicyclic amines) is 1. The third-order valence-electron chi connectivity index (χ3n) is 5.30. The van der Waals surface area contributed by atoms with E-state index in [4.69, 9.17) is 5.11 Å². The Morgan fingerprint density at radius 2 is 1.96 bits per heavy atom. The lowest BCUT2D eigenvalue weighted by atomic mass is 10.1. The van der Waals surface area contributed by atoms with Gasteiger partial charge in [-0.05, 0) is 38.1 Å². The van der Waals surface area contributed by atoms with E-state index in [0.29, 0.717) is 19.5 Å². The van der Waals surface area contributed by atoms with Crippen LogP contribution in [0.5, 0.6) is 0 Å². The number of piperazine rings is 1. The molecule has 0 unspecified atom stereocenters. The highest BCUT2D eigenvalue weighted by atomic mass is 16.4. The molecule has 0 radical (unpaired) electrons. The summed E-state index contributed by atoms with van der Waals surface area (Å²) in [6, 6.07) is 7.91. The largest absolute Gasteiger partial charge is 0.480 e. The molecule has 0 aliphatic carbocycles. The highest BCUT2D eigenvalue weighted by molar-refractivity contribution is 5.79. The van der Waals surface area contributed by atoms with Gasteiger partial charge in [-0.1, -0.05) is 12.1 Å². The van der Waals surface area contributed by atoms with Crippen LogP contribution in [0, 0.1) is 6.92 Å². The Morgan fingerprint density at radius 3 is 2.58 bits per heavy atom. The predicted molar refractivity (Wildman–Crippen MR) is 100 cm³/mol. The highest BCUT2D eigenvalue weighted by Gasteiger charge is 2.35. The summed E-state index contributed by atoms with van der Waals surface area (Å²) in [5, 5.41) is 12.2. The number of amides is 1. The van der Waals surface area contributed by atoms with Crippen molar-refractivity contribution in [3.05, 3.63) is 29.8 Å². The number of hydrogen-bond acceptors (Lipinski definition) is 5. The van der Waals surface area contributed by atoms with Gasteiger partial charge in [-0.2, -0.15) is 0 Å². The Kier molecular flexibility index (Phi) is 5.78. The van der Waals surface area contributed by atoms with Crippen molar-refractivity contribution in [3.63, 3.8) is 0 Å². The van der Waals surface area contributed by atoms with E-state index in [-0.39, 0.29) is 11.9 Å². The molecule has 0 spiro atoms. The second kappa shape index (κ2) is 8.05. The average molecular weight is 360 g/mol. The highest BCUT2D eigenvalue weighted by Crippen LogP contribution is 2.18. The number of nitrogens with zero attached hydrogens (tertiary/aromatic N) is 3. The third-order valence-corrected chi connectivity index (χ3v) is 5.30. The molecule has 2 N–H and O–H groups in total. The number of aryl methyl sites for hydroxylation is 1. The molecule has 26 heavy (non-hydrogen) atoms. The van der Waals surface area contributed by atoms with Gasteiger partial charge in [0, 0.05) is 44.5 Å². The van der Waals surface area contributed by atoms with Crippen molar-refractivity contribution < 1.29 is 14.7 Å². The maximum absolute atomic E-state index is 12.3. The lowest BCUT2D eigenvalue weighted by Gasteiger charge is -2.36. The zero-order valence-corrected chi connectivity index (χ0v) is 15.5. The van der Waals surface area contributed by atoms with E-state index < -0.39 is 12.0 Å². The molecule has 142 valence electrons. The zero-order valence-electron chi connectivity index (χ0n) is 15.5. The molecule has 2 aliphatic heterocycles. The summed E-state index contributed by atoms with van der Waals surface area (Å²) in [6.07, 6.45) is 0.471.